The molecule has 34 heavy (non-hydrogen) atoms. The van der Waals surface area contributed by atoms with Crippen LogP contribution >= 0.6 is 34.2 Å². The Morgan fingerprint density at radius 2 is 1.62 bits per heavy atom. The number of nitrogens with one attached hydrogen (secondary N) is 2. The summed E-state index contributed by atoms with van der Waals surface area (Å²) in [5.74, 6) is -2.05. The van der Waals surface area contributed by atoms with Gasteiger partial charge in [0.15, 0.2) is 0 Å². The van der Waals surface area contributed by atoms with Crippen molar-refractivity contribution >= 4 is 57.8 Å². The molecule has 1 aliphatic carbocycles. The van der Waals surface area contributed by atoms with Crippen LogP contribution in [-0.2, 0) is 14.3 Å². The third kappa shape index (κ3) is 5.34. The van der Waals surface area contributed by atoms with Crippen LogP contribution in [0.4, 0.5) is 10.5 Å². The molecule has 3 N–H and O–H groups in total. The lowest BCUT2D eigenvalue weighted by atomic mass is 9.98. The summed E-state index contributed by atoms with van der Waals surface area (Å²) in [5.41, 5.74) is 4.74. The van der Waals surface area contributed by atoms with Gasteiger partial charge in [-0.15, -0.1) is 0 Å². The summed E-state index contributed by atoms with van der Waals surface area (Å²) in [6, 6.07) is 19.4. The summed E-state index contributed by atoms with van der Waals surface area (Å²) >= 11 is 7.94. The van der Waals surface area contributed by atoms with Gasteiger partial charge >= 0.3 is 12.1 Å². The summed E-state index contributed by atoms with van der Waals surface area (Å²) < 4.78 is 6.12. The predicted molar refractivity (Wildman–Crippen MR) is 137 cm³/mol. The first-order valence-electron chi connectivity index (χ1n) is 10.4. The van der Waals surface area contributed by atoms with Crippen LogP contribution < -0.4 is 10.6 Å². The van der Waals surface area contributed by atoms with Gasteiger partial charge in [-0.05, 0) is 63.0 Å². The van der Waals surface area contributed by atoms with Crippen LogP contribution in [0.5, 0.6) is 0 Å². The van der Waals surface area contributed by atoms with Crippen molar-refractivity contribution in [1.29, 1.82) is 0 Å². The molecular weight excluding hydrogens is 571 g/mol. The number of carbonyl (C=O) groups excluding carboxylic acids is 2. The highest BCUT2D eigenvalue weighted by atomic mass is 127. The number of carboxylic acid groups (broad SMARTS) is 1. The number of benzene rings is 3. The molecule has 2 amide bonds. The maximum absolute atomic E-state index is 12.7. The highest BCUT2D eigenvalue weighted by Gasteiger charge is 2.30. The zero-order valence-electron chi connectivity index (χ0n) is 17.8. The number of hydrogen-bond donors (Lipinski definition) is 3. The van der Waals surface area contributed by atoms with E-state index in [2.05, 4.69) is 10.6 Å². The van der Waals surface area contributed by atoms with Crippen LogP contribution in [0.3, 0.4) is 0 Å². The minimum absolute atomic E-state index is 0.0519. The normalized spacial score (nSPS) is 12.9. The van der Waals surface area contributed by atoms with Crippen molar-refractivity contribution < 1.29 is 24.2 Å². The lowest BCUT2D eigenvalue weighted by Gasteiger charge is -2.19. The molecule has 174 valence electrons. The Morgan fingerprint density at radius 3 is 2.21 bits per heavy atom. The van der Waals surface area contributed by atoms with Gasteiger partial charge in [-0.3, -0.25) is 9.59 Å². The number of aliphatic carboxylic acids is 1. The zero-order valence-corrected chi connectivity index (χ0v) is 20.7. The summed E-state index contributed by atoms with van der Waals surface area (Å²) in [6.45, 7) is 0.0519. The van der Waals surface area contributed by atoms with Gasteiger partial charge in [0.1, 0.15) is 12.6 Å². The molecule has 0 fully saturated rings. The second kappa shape index (κ2) is 10.4. The maximum Gasteiger partial charge on any atom is 0.407 e. The molecule has 0 heterocycles. The third-order valence-electron chi connectivity index (χ3n) is 5.52. The molecule has 0 spiro atoms. The number of anilines is 1. The Bertz CT molecular complexity index is 1220. The van der Waals surface area contributed by atoms with Gasteiger partial charge < -0.3 is 20.5 Å². The zero-order chi connectivity index (χ0) is 24.2. The van der Waals surface area contributed by atoms with Gasteiger partial charge in [-0.2, -0.15) is 0 Å². The fraction of sp³-hybridized carbons (Fsp3) is 0.160. The van der Waals surface area contributed by atoms with Crippen LogP contribution in [0.2, 0.25) is 5.02 Å². The van der Waals surface area contributed by atoms with Gasteiger partial charge in [0.2, 0.25) is 5.91 Å². The first-order chi connectivity index (χ1) is 16.3. The largest absolute Gasteiger partial charge is 0.481 e. The van der Waals surface area contributed by atoms with E-state index in [1.54, 1.807) is 18.2 Å². The SMILES string of the molecule is O=C(O)CC(NC(=O)OCC1c2ccccc2-c2ccccc21)C(=O)Nc1ccc(Cl)cc1I. The fourth-order valence-electron chi connectivity index (χ4n) is 3.98. The smallest absolute Gasteiger partial charge is 0.407 e. The van der Waals surface area contributed by atoms with E-state index >= 15 is 0 Å². The van der Waals surface area contributed by atoms with Crippen molar-refractivity contribution in [2.45, 2.75) is 18.4 Å². The molecule has 3 aromatic carbocycles. The Labute approximate surface area is 214 Å². The van der Waals surface area contributed by atoms with E-state index < -0.39 is 30.4 Å². The van der Waals surface area contributed by atoms with Crippen molar-refractivity contribution in [1.82, 2.24) is 5.32 Å². The van der Waals surface area contributed by atoms with Crippen molar-refractivity contribution in [3.05, 3.63) is 86.4 Å². The van der Waals surface area contributed by atoms with Gasteiger partial charge in [0, 0.05) is 14.5 Å². The number of carbonyl (C=O) groups is 3. The number of carboxylic acids is 1. The second-order valence-electron chi connectivity index (χ2n) is 7.73. The topological polar surface area (TPSA) is 105 Å². The van der Waals surface area contributed by atoms with Gasteiger partial charge in [0.25, 0.3) is 0 Å². The van der Waals surface area contributed by atoms with Gasteiger partial charge in [-0.25, -0.2) is 4.79 Å². The standard InChI is InChI=1S/C25H20ClIN2O5/c26-14-9-10-21(20(27)11-14)28-24(32)22(12-23(30)31)29-25(33)34-13-19-17-7-3-1-5-15(17)16-6-2-4-8-18(16)19/h1-11,19,22H,12-13H2,(H,28,32)(H,29,33)(H,30,31). The monoisotopic (exact) mass is 590 g/mol. The van der Waals surface area contributed by atoms with E-state index in [0.717, 1.165) is 22.3 Å². The Hall–Kier alpha value is -3.11. The Morgan fingerprint density at radius 1 is 1.00 bits per heavy atom. The molecule has 1 unspecified atom stereocenters. The molecule has 1 aliphatic rings. The van der Waals surface area contributed by atoms with Crippen molar-refractivity contribution in [3.8, 4) is 11.1 Å². The van der Waals surface area contributed by atoms with Crippen molar-refractivity contribution in [3.63, 3.8) is 0 Å². The van der Waals surface area contributed by atoms with Gasteiger partial charge in [-0.1, -0.05) is 60.1 Å². The van der Waals surface area contributed by atoms with Crippen LogP contribution in [0.15, 0.2) is 66.7 Å². The minimum atomic E-state index is -1.32. The number of hydrogen-bond acceptors (Lipinski definition) is 4. The van der Waals surface area contributed by atoms with Gasteiger partial charge in [0.05, 0.1) is 12.1 Å². The number of alkyl carbamates (subject to hydrolysis) is 1. The molecule has 7 nitrogen and oxygen atoms in total. The average Bonchev–Trinajstić information content (AvgIpc) is 3.12. The average molecular weight is 591 g/mol. The molecule has 9 heteroatoms. The Kier molecular flexibility index (Phi) is 7.38. The highest BCUT2D eigenvalue weighted by Crippen LogP contribution is 2.44. The number of rotatable bonds is 7. The van der Waals surface area contributed by atoms with E-state index in [4.69, 9.17) is 16.3 Å². The lowest BCUT2D eigenvalue weighted by Crippen LogP contribution is -2.45. The number of halogens is 2. The first-order valence-corrected chi connectivity index (χ1v) is 11.9. The first kappa shape index (κ1) is 24.0. The number of fused-ring (bicyclic) bond motifs is 3. The van der Waals surface area contributed by atoms with Crippen LogP contribution in [-0.4, -0.2) is 35.7 Å². The van der Waals surface area contributed by atoms with Crippen LogP contribution in [0.1, 0.15) is 23.5 Å². The van der Waals surface area contributed by atoms with Crippen LogP contribution in [0.25, 0.3) is 11.1 Å². The summed E-state index contributed by atoms with van der Waals surface area (Å²) in [4.78, 5) is 36.6. The van der Waals surface area contributed by atoms with E-state index in [-0.39, 0.29) is 12.5 Å². The molecule has 0 saturated heterocycles. The second-order valence-corrected chi connectivity index (χ2v) is 9.33. The van der Waals surface area contributed by atoms with E-state index in [1.807, 2.05) is 71.1 Å². The third-order valence-corrected chi connectivity index (χ3v) is 6.65. The molecule has 3 aromatic rings. The quantitative estimate of drug-likeness (QED) is 0.326. The number of amides is 2. The molecule has 4 rings (SSSR count). The van der Waals surface area contributed by atoms with E-state index in [0.29, 0.717) is 14.3 Å². The van der Waals surface area contributed by atoms with Crippen LogP contribution in [0, 0.1) is 3.57 Å². The van der Waals surface area contributed by atoms with E-state index in [1.165, 1.54) is 0 Å². The fourth-order valence-corrected chi connectivity index (χ4v) is 4.98. The lowest BCUT2D eigenvalue weighted by molar-refractivity contribution is -0.139. The van der Waals surface area contributed by atoms with Crippen molar-refractivity contribution in [2.24, 2.45) is 0 Å². The summed E-state index contributed by atoms with van der Waals surface area (Å²) in [7, 11) is 0. The number of ether oxygens (including phenoxy) is 1. The molecule has 0 radical (unpaired) electrons. The highest BCUT2D eigenvalue weighted by molar-refractivity contribution is 14.1. The summed E-state index contributed by atoms with van der Waals surface area (Å²) in [6.07, 6.45) is -1.46. The Balaban J connectivity index is 1.43. The molecule has 1 atom stereocenters. The molecule has 0 saturated carbocycles. The summed E-state index contributed by atoms with van der Waals surface area (Å²) in [5, 5.41) is 14.8. The maximum atomic E-state index is 12.7. The van der Waals surface area contributed by atoms with Crippen molar-refractivity contribution in [2.75, 3.05) is 11.9 Å². The predicted octanol–water partition coefficient (Wildman–Crippen LogP) is 5.27. The molecular formula is C25H20ClIN2O5. The molecule has 0 aliphatic heterocycles. The van der Waals surface area contributed by atoms with E-state index in [9.17, 15) is 19.5 Å². The molecule has 0 aromatic heterocycles. The minimum Gasteiger partial charge on any atom is -0.481 e. The molecule has 0 bridgehead atoms.